The van der Waals surface area contributed by atoms with Gasteiger partial charge in [-0.1, -0.05) is 0 Å². The Morgan fingerprint density at radius 1 is 1.28 bits per heavy atom. The molecule has 0 N–H and O–H groups in total. The van der Waals surface area contributed by atoms with E-state index in [2.05, 4.69) is 31.1 Å². The Hall–Kier alpha value is -3.64. The molecule has 0 unspecified atom stereocenters. The Morgan fingerprint density at radius 2 is 2.08 bits per heavy atom. The van der Waals surface area contributed by atoms with Gasteiger partial charge in [0.15, 0.2) is 12.0 Å². The number of pyridine rings is 1. The number of nitrogens with zero attached hydrogens (tertiary/aromatic N) is 6. The first kappa shape index (κ1) is 24.1. The van der Waals surface area contributed by atoms with E-state index >= 15 is 0 Å². The zero-order valence-electron chi connectivity index (χ0n) is 18.5. The standard InChI is InChI=1S/C23H17BrClFN6O4/c24-16-6-20(23(27-8-16)32(34)35)36-12-14-5-17(26)3-4-18(14)21-19(11-31(25)29-21)22(33)15-7-28-30(10-15)9-13-1-2-13/h3-8,10-11,13H,1-2,9,12H2. The summed E-state index contributed by atoms with van der Waals surface area (Å²) >= 11 is 9.30. The molecule has 1 aromatic carbocycles. The van der Waals surface area contributed by atoms with Crippen molar-refractivity contribution in [1.29, 1.82) is 0 Å². The average molecular weight is 576 g/mol. The molecule has 1 fully saturated rings. The van der Waals surface area contributed by atoms with Crippen molar-refractivity contribution in [2.45, 2.75) is 26.0 Å². The lowest BCUT2D eigenvalue weighted by atomic mass is 9.98. The van der Waals surface area contributed by atoms with Crippen molar-refractivity contribution in [3.8, 4) is 17.0 Å². The first-order valence-corrected chi connectivity index (χ1v) is 12.0. The summed E-state index contributed by atoms with van der Waals surface area (Å²) in [4.78, 5) is 27.7. The highest BCUT2D eigenvalue weighted by Gasteiger charge is 2.25. The summed E-state index contributed by atoms with van der Waals surface area (Å²) in [5.41, 5.74) is 1.47. The normalized spacial score (nSPS) is 13.1. The Labute approximate surface area is 217 Å². The largest absolute Gasteiger partial charge is 0.481 e. The van der Waals surface area contributed by atoms with Crippen molar-refractivity contribution < 1.29 is 18.8 Å². The summed E-state index contributed by atoms with van der Waals surface area (Å²) in [6.45, 7) is 0.499. The number of nitro groups is 1. The molecule has 36 heavy (non-hydrogen) atoms. The molecule has 10 nitrogen and oxygen atoms in total. The van der Waals surface area contributed by atoms with Crippen molar-refractivity contribution in [1.82, 2.24) is 24.1 Å². The van der Waals surface area contributed by atoms with E-state index in [4.69, 9.17) is 16.5 Å². The van der Waals surface area contributed by atoms with Crippen molar-refractivity contribution in [3.05, 3.63) is 86.1 Å². The van der Waals surface area contributed by atoms with Crippen LogP contribution in [0.1, 0.15) is 34.3 Å². The molecular formula is C23H17BrClFN6O4. The van der Waals surface area contributed by atoms with Gasteiger partial charge in [0.1, 0.15) is 18.1 Å². The molecule has 0 bridgehead atoms. The zero-order chi connectivity index (χ0) is 25.4. The predicted molar refractivity (Wildman–Crippen MR) is 130 cm³/mol. The molecule has 1 aliphatic rings. The Morgan fingerprint density at radius 3 is 2.83 bits per heavy atom. The molecule has 0 atom stereocenters. The van der Waals surface area contributed by atoms with Crippen molar-refractivity contribution in [2.75, 3.05) is 0 Å². The number of ketones is 1. The molecule has 4 aromatic rings. The van der Waals surface area contributed by atoms with Gasteiger partial charge in [0.05, 0.1) is 28.0 Å². The lowest BCUT2D eigenvalue weighted by Gasteiger charge is -2.11. The van der Waals surface area contributed by atoms with Gasteiger partial charge < -0.3 is 14.9 Å². The Kier molecular flexibility index (Phi) is 6.54. The molecule has 13 heteroatoms. The molecule has 0 radical (unpaired) electrons. The first-order chi connectivity index (χ1) is 17.3. The summed E-state index contributed by atoms with van der Waals surface area (Å²) in [6, 6.07) is 5.28. The highest BCUT2D eigenvalue weighted by molar-refractivity contribution is 9.10. The molecule has 0 saturated heterocycles. The van der Waals surface area contributed by atoms with Gasteiger partial charge in [0.25, 0.3) is 0 Å². The number of halogens is 3. The second-order valence-electron chi connectivity index (χ2n) is 8.33. The van der Waals surface area contributed by atoms with Crippen LogP contribution in [-0.2, 0) is 13.2 Å². The molecular weight excluding hydrogens is 559 g/mol. The number of rotatable bonds is 9. The fourth-order valence-corrected chi connectivity index (χ4v) is 4.22. The highest BCUT2D eigenvalue weighted by atomic mass is 79.9. The van der Waals surface area contributed by atoms with Gasteiger partial charge in [-0.05, 0) is 62.8 Å². The lowest BCUT2D eigenvalue weighted by Crippen LogP contribution is -2.05. The van der Waals surface area contributed by atoms with E-state index < -0.39 is 16.6 Å². The molecule has 3 heterocycles. The van der Waals surface area contributed by atoms with Gasteiger partial charge in [0, 0.05) is 41.7 Å². The summed E-state index contributed by atoms with van der Waals surface area (Å²) < 4.78 is 23.0. The number of hydrogen-bond donors (Lipinski definition) is 0. The van der Waals surface area contributed by atoms with Gasteiger partial charge in [-0.2, -0.15) is 14.4 Å². The number of carbonyl (C=O) groups is 1. The number of carbonyl (C=O) groups excluding carboxylic acids is 1. The molecule has 1 aliphatic carbocycles. The Bertz CT molecular complexity index is 1490. The van der Waals surface area contributed by atoms with E-state index in [1.807, 2.05) is 0 Å². The summed E-state index contributed by atoms with van der Waals surface area (Å²) in [5, 5.41) is 19.8. The minimum atomic E-state index is -0.677. The van der Waals surface area contributed by atoms with E-state index in [-0.39, 0.29) is 29.4 Å². The van der Waals surface area contributed by atoms with Crippen molar-refractivity contribution >= 4 is 39.3 Å². The second kappa shape index (κ2) is 9.78. The van der Waals surface area contributed by atoms with Crippen LogP contribution in [-0.4, -0.2) is 34.8 Å². The molecule has 5 rings (SSSR count). The fourth-order valence-electron chi connectivity index (χ4n) is 3.74. The highest BCUT2D eigenvalue weighted by Crippen LogP contribution is 2.33. The van der Waals surface area contributed by atoms with Crippen LogP contribution in [0.15, 0.2) is 53.5 Å². The first-order valence-electron chi connectivity index (χ1n) is 10.8. The zero-order valence-corrected chi connectivity index (χ0v) is 20.8. The van der Waals surface area contributed by atoms with Crippen LogP contribution in [0.2, 0.25) is 0 Å². The van der Waals surface area contributed by atoms with E-state index in [1.165, 1.54) is 42.9 Å². The molecule has 0 amide bonds. The molecule has 3 aromatic heterocycles. The average Bonchev–Trinajstić information content (AvgIpc) is 3.38. The molecule has 184 valence electrons. The third kappa shape index (κ3) is 5.14. The van der Waals surface area contributed by atoms with Crippen LogP contribution in [0.25, 0.3) is 11.3 Å². The van der Waals surface area contributed by atoms with Crippen LogP contribution in [0.5, 0.6) is 5.75 Å². The predicted octanol–water partition coefficient (Wildman–Crippen LogP) is 5.17. The van der Waals surface area contributed by atoms with E-state index in [0.29, 0.717) is 27.1 Å². The summed E-state index contributed by atoms with van der Waals surface area (Å²) in [7, 11) is 0. The third-order valence-electron chi connectivity index (χ3n) is 5.65. The van der Waals surface area contributed by atoms with Crippen LogP contribution in [0.3, 0.4) is 0 Å². The summed E-state index contributed by atoms with van der Waals surface area (Å²) in [6.07, 6.45) is 8.13. The van der Waals surface area contributed by atoms with Gasteiger partial charge >= 0.3 is 5.82 Å². The molecule has 0 aliphatic heterocycles. The maximum atomic E-state index is 14.2. The van der Waals surface area contributed by atoms with Crippen LogP contribution >= 0.6 is 27.7 Å². The van der Waals surface area contributed by atoms with Crippen LogP contribution < -0.4 is 4.74 Å². The molecule has 0 spiro atoms. The minimum absolute atomic E-state index is 0.105. The van der Waals surface area contributed by atoms with Gasteiger partial charge in [-0.3, -0.25) is 9.48 Å². The van der Waals surface area contributed by atoms with E-state index in [0.717, 1.165) is 23.6 Å². The second-order valence-corrected chi connectivity index (χ2v) is 9.59. The monoisotopic (exact) mass is 574 g/mol. The lowest BCUT2D eigenvalue weighted by molar-refractivity contribution is -0.390. The van der Waals surface area contributed by atoms with Crippen LogP contribution in [0.4, 0.5) is 10.2 Å². The van der Waals surface area contributed by atoms with E-state index in [9.17, 15) is 19.3 Å². The van der Waals surface area contributed by atoms with E-state index in [1.54, 1.807) is 10.9 Å². The fraction of sp³-hybridized carbons (Fsp3) is 0.217. The number of aromatic nitrogens is 5. The third-order valence-corrected chi connectivity index (χ3v) is 6.25. The number of benzene rings is 1. The maximum absolute atomic E-state index is 14.2. The number of ether oxygens (including phenoxy) is 1. The topological polar surface area (TPSA) is 118 Å². The maximum Gasteiger partial charge on any atom is 0.406 e. The molecule has 1 saturated carbocycles. The van der Waals surface area contributed by atoms with Gasteiger partial charge in [-0.15, -0.1) is 0 Å². The van der Waals surface area contributed by atoms with Gasteiger partial charge in [0.2, 0.25) is 5.75 Å². The van der Waals surface area contributed by atoms with Crippen molar-refractivity contribution in [3.63, 3.8) is 0 Å². The minimum Gasteiger partial charge on any atom is -0.481 e. The van der Waals surface area contributed by atoms with Crippen molar-refractivity contribution in [2.24, 2.45) is 5.92 Å². The SMILES string of the molecule is O=C(c1cnn(CC2CC2)c1)c1cn(Cl)nc1-c1ccc(F)cc1COc1cc(Br)cnc1[N+](=O)[O-]. The van der Waals surface area contributed by atoms with Gasteiger partial charge in [-0.25, -0.2) is 4.39 Å². The Balaban J connectivity index is 1.47. The quantitative estimate of drug-likeness (QED) is 0.153. The number of hydrogen-bond acceptors (Lipinski definition) is 7. The summed E-state index contributed by atoms with van der Waals surface area (Å²) in [5.74, 6) is -0.903. The van der Waals surface area contributed by atoms with Crippen LogP contribution in [0, 0.1) is 21.8 Å². The smallest absolute Gasteiger partial charge is 0.406 e.